The molecular formula is C10H24O2S2. The minimum atomic E-state index is -0.611. The molecule has 0 atom stereocenters. The summed E-state index contributed by atoms with van der Waals surface area (Å²) in [4.78, 5) is 0. The van der Waals surface area contributed by atoms with Crippen LogP contribution in [0.5, 0.6) is 0 Å². The Kier molecular flexibility index (Phi) is 15.9. The molecular weight excluding hydrogens is 216 g/mol. The van der Waals surface area contributed by atoms with Crippen molar-refractivity contribution in [3.63, 3.8) is 0 Å². The van der Waals surface area contributed by atoms with Crippen LogP contribution in [0.25, 0.3) is 0 Å². The van der Waals surface area contributed by atoms with Crippen molar-refractivity contribution in [3.8, 4) is 0 Å². The van der Waals surface area contributed by atoms with Gasteiger partial charge in [-0.15, -0.1) is 0 Å². The van der Waals surface area contributed by atoms with E-state index >= 15 is 0 Å². The highest BCUT2D eigenvalue weighted by Gasteiger charge is 1.95. The highest BCUT2D eigenvalue weighted by molar-refractivity contribution is 7.83. The molecule has 0 unspecified atom stereocenters. The first-order valence-corrected chi connectivity index (χ1v) is 8.90. The summed E-state index contributed by atoms with van der Waals surface area (Å²) in [7, 11) is -1.22. The van der Waals surface area contributed by atoms with E-state index in [-0.39, 0.29) is 0 Å². The number of hydrogen-bond donors (Lipinski definition) is 0. The molecule has 0 saturated heterocycles. The molecule has 2 nitrogen and oxygen atoms in total. The van der Waals surface area contributed by atoms with Gasteiger partial charge in [0, 0.05) is 46.6 Å². The molecule has 1 aliphatic carbocycles. The summed E-state index contributed by atoms with van der Waals surface area (Å²) in [5.41, 5.74) is 0. The maximum atomic E-state index is 9.56. The zero-order chi connectivity index (χ0) is 11.4. The van der Waals surface area contributed by atoms with Gasteiger partial charge in [-0.1, -0.05) is 38.5 Å². The topological polar surface area (TPSA) is 34.1 Å². The summed E-state index contributed by atoms with van der Waals surface area (Å²) >= 11 is 0. The van der Waals surface area contributed by atoms with Crippen LogP contribution in [0.1, 0.15) is 38.5 Å². The van der Waals surface area contributed by atoms with Crippen LogP contribution in [0.2, 0.25) is 0 Å². The zero-order valence-electron chi connectivity index (χ0n) is 9.88. The molecule has 1 saturated carbocycles. The Labute approximate surface area is 93.8 Å². The molecule has 0 radical (unpaired) electrons. The number of rotatable bonds is 0. The second-order valence-electron chi connectivity index (χ2n) is 3.60. The summed E-state index contributed by atoms with van der Waals surface area (Å²) in [6.07, 6.45) is 15.6. The molecule has 0 N–H and O–H groups in total. The molecule has 1 rings (SSSR count). The van der Waals surface area contributed by atoms with E-state index in [9.17, 15) is 8.42 Å². The lowest BCUT2D eigenvalue weighted by Crippen LogP contribution is -1.85. The van der Waals surface area contributed by atoms with Gasteiger partial charge in [0.1, 0.15) is 0 Å². The average Bonchev–Trinajstić information content (AvgIpc) is 2.05. The molecule has 4 heteroatoms. The Morgan fingerprint density at radius 1 is 0.571 bits per heavy atom. The van der Waals surface area contributed by atoms with Gasteiger partial charge in [-0.25, -0.2) is 0 Å². The first-order chi connectivity index (χ1) is 6.46. The monoisotopic (exact) mass is 240 g/mol. The third-order valence-electron chi connectivity index (χ3n) is 1.50. The van der Waals surface area contributed by atoms with Gasteiger partial charge in [0.15, 0.2) is 0 Å². The van der Waals surface area contributed by atoms with E-state index in [1.807, 2.05) is 0 Å². The van der Waals surface area contributed by atoms with Gasteiger partial charge in [-0.3, -0.25) is 8.42 Å². The van der Waals surface area contributed by atoms with E-state index in [0.29, 0.717) is 0 Å². The molecule has 14 heavy (non-hydrogen) atoms. The molecule has 0 spiro atoms. The second-order valence-corrected chi connectivity index (χ2v) is 6.57. The standard InChI is InChI=1S/C6H12.2C2H6OS/c1-2-4-6-5-3-1;2*1-4(2)3/h1-6H2;2*1-2H3. The van der Waals surface area contributed by atoms with Crippen molar-refractivity contribution in [2.45, 2.75) is 38.5 Å². The quantitative estimate of drug-likeness (QED) is 0.651. The third kappa shape index (κ3) is 39.6. The maximum absolute atomic E-state index is 9.56. The van der Waals surface area contributed by atoms with Crippen molar-refractivity contribution in [3.05, 3.63) is 0 Å². The summed E-state index contributed by atoms with van der Waals surface area (Å²) in [5.74, 6) is 0. The van der Waals surface area contributed by atoms with E-state index < -0.39 is 21.6 Å². The van der Waals surface area contributed by atoms with Gasteiger partial charge in [0.05, 0.1) is 0 Å². The Bertz CT molecular complexity index is 123. The molecule has 88 valence electrons. The lowest BCUT2D eigenvalue weighted by molar-refractivity contribution is 0.504. The fourth-order valence-corrected chi connectivity index (χ4v) is 1.06. The van der Waals surface area contributed by atoms with Crippen LogP contribution in [0.15, 0.2) is 0 Å². The first kappa shape index (κ1) is 16.7. The van der Waals surface area contributed by atoms with Crippen LogP contribution in [0.3, 0.4) is 0 Å². The molecule has 0 aliphatic heterocycles. The molecule has 1 fully saturated rings. The molecule has 0 bridgehead atoms. The second kappa shape index (κ2) is 13.3. The van der Waals surface area contributed by atoms with Crippen molar-refractivity contribution in [2.75, 3.05) is 25.0 Å². The predicted molar refractivity (Wildman–Crippen MR) is 67.7 cm³/mol. The van der Waals surface area contributed by atoms with Crippen LogP contribution in [0, 0.1) is 0 Å². The van der Waals surface area contributed by atoms with Gasteiger partial charge in [-0.2, -0.15) is 0 Å². The molecule has 1 aliphatic rings. The van der Waals surface area contributed by atoms with Crippen LogP contribution < -0.4 is 0 Å². The zero-order valence-corrected chi connectivity index (χ0v) is 11.5. The van der Waals surface area contributed by atoms with E-state index in [0.717, 1.165) is 0 Å². The first-order valence-electron chi connectivity index (χ1n) is 4.97. The minimum absolute atomic E-state index is 0.611. The summed E-state index contributed by atoms with van der Waals surface area (Å²) in [6, 6.07) is 0. The molecule has 0 aromatic carbocycles. The van der Waals surface area contributed by atoms with E-state index in [1.54, 1.807) is 25.0 Å². The normalized spacial score (nSPS) is 15.3. The van der Waals surface area contributed by atoms with Crippen molar-refractivity contribution < 1.29 is 8.42 Å². The average molecular weight is 240 g/mol. The van der Waals surface area contributed by atoms with E-state index in [2.05, 4.69) is 0 Å². The summed E-state index contributed by atoms with van der Waals surface area (Å²) < 4.78 is 19.1. The molecule has 0 aromatic rings. The minimum Gasteiger partial charge on any atom is -0.260 e. The van der Waals surface area contributed by atoms with Gasteiger partial charge >= 0.3 is 0 Å². The van der Waals surface area contributed by atoms with Gasteiger partial charge in [0.25, 0.3) is 0 Å². The maximum Gasteiger partial charge on any atom is 0.0148 e. The smallest absolute Gasteiger partial charge is 0.0148 e. The van der Waals surface area contributed by atoms with Crippen LogP contribution in [0.4, 0.5) is 0 Å². The van der Waals surface area contributed by atoms with Crippen molar-refractivity contribution in [1.82, 2.24) is 0 Å². The molecule has 0 heterocycles. The highest BCUT2D eigenvalue weighted by Crippen LogP contribution is 2.15. The number of hydrogen-bond acceptors (Lipinski definition) is 2. The lowest BCUT2D eigenvalue weighted by Gasteiger charge is -2.05. The summed E-state index contributed by atoms with van der Waals surface area (Å²) in [5, 5.41) is 0. The Hall–Kier alpha value is 0.300. The summed E-state index contributed by atoms with van der Waals surface area (Å²) in [6.45, 7) is 0. The fraction of sp³-hybridized carbons (Fsp3) is 1.00. The van der Waals surface area contributed by atoms with Crippen LogP contribution in [-0.4, -0.2) is 33.4 Å². The third-order valence-corrected chi connectivity index (χ3v) is 1.50. The largest absolute Gasteiger partial charge is 0.260 e. The Morgan fingerprint density at radius 3 is 0.714 bits per heavy atom. The van der Waals surface area contributed by atoms with Crippen LogP contribution in [-0.2, 0) is 21.6 Å². The van der Waals surface area contributed by atoms with E-state index in [4.69, 9.17) is 0 Å². The van der Waals surface area contributed by atoms with Crippen molar-refractivity contribution in [1.29, 1.82) is 0 Å². The Balaban J connectivity index is 0. The van der Waals surface area contributed by atoms with Gasteiger partial charge in [0.2, 0.25) is 0 Å². The van der Waals surface area contributed by atoms with Crippen molar-refractivity contribution >= 4 is 21.6 Å². The van der Waals surface area contributed by atoms with Crippen molar-refractivity contribution in [2.24, 2.45) is 0 Å². The molecule has 0 amide bonds. The molecule has 0 aromatic heterocycles. The van der Waals surface area contributed by atoms with Gasteiger partial charge < -0.3 is 0 Å². The highest BCUT2D eigenvalue weighted by atomic mass is 32.2. The lowest BCUT2D eigenvalue weighted by atomic mass is 10.0. The van der Waals surface area contributed by atoms with E-state index in [1.165, 1.54) is 38.5 Å². The fourth-order valence-electron chi connectivity index (χ4n) is 1.06. The van der Waals surface area contributed by atoms with Crippen LogP contribution >= 0.6 is 0 Å². The SMILES string of the molecule is C1CCCCC1.CS(C)=O.CS(C)=O. The Morgan fingerprint density at radius 2 is 0.643 bits per heavy atom. The predicted octanol–water partition coefficient (Wildman–Crippen LogP) is 2.33. The van der Waals surface area contributed by atoms with Gasteiger partial charge in [-0.05, 0) is 0 Å².